The summed E-state index contributed by atoms with van der Waals surface area (Å²) >= 11 is 0. The molecule has 0 radical (unpaired) electrons. The molecule has 0 aliphatic rings. The maximum atomic E-state index is 5.30. The normalized spacial score (nSPS) is 12.3. The van der Waals surface area contributed by atoms with Crippen molar-refractivity contribution in [3.05, 3.63) is 18.1 Å². The lowest BCUT2D eigenvalue weighted by atomic mass is 10.3. The van der Waals surface area contributed by atoms with Gasteiger partial charge in [0.05, 0.1) is 6.04 Å². The molecule has 0 aromatic carbocycles. The van der Waals surface area contributed by atoms with E-state index in [0.717, 1.165) is 11.5 Å². The van der Waals surface area contributed by atoms with Gasteiger partial charge in [-0.25, -0.2) is 4.98 Å². The maximum Gasteiger partial charge on any atom is 0.254 e. The van der Waals surface area contributed by atoms with Gasteiger partial charge in [-0.2, -0.15) is 14.6 Å². The Morgan fingerprint density at radius 3 is 3.13 bits per heavy atom. The van der Waals surface area contributed by atoms with Crippen LogP contribution < -0.4 is 5.32 Å². The summed E-state index contributed by atoms with van der Waals surface area (Å²) in [6, 6.07) is 1.83. The van der Waals surface area contributed by atoms with E-state index in [1.165, 1.54) is 6.33 Å². The molecule has 1 N–H and O–H groups in total. The number of nitrogens with zero attached hydrogens (tertiary/aromatic N) is 4. The largest absolute Gasteiger partial charge is 0.356 e. The van der Waals surface area contributed by atoms with Crippen LogP contribution in [0.15, 0.2) is 12.4 Å². The molecular weight excluding hydrogens is 190 g/mol. The average Bonchev–Trinajstić information content (AvgIpc) is 2.65. The maximum absolute atomic E-state index is 5.30. The van der Waals surface area contributed by atoms with Gasteiger partial charge in [0.2, 0.25) is 0 Å². The van der Waals surface area contributed by atoms with Crippen LogP contribution in [0, 0.1) is 19.3 Å². The molecule has 0 aliphatic heterocycles. The first-order valence-electron chi connectivity index (χ1n) is 4.61. The molecule has 1 unspecified atom stereocenters. The predicted molar refractivity (Wildman–Crippen MR) is 57.4 cm³/mol. The molecule has 0 saturated carbocycles. The van der Waals surface area contributed by atoms with Crippen molar-refractivity contribution in [1.29, 1.82) is 0 Å². The third-order valence-corrected chi connectivity index (χ3v) is 1.99. The Balaban J connectivity index is 2.49. The average molecular weight is 201 g/mol. The van der Waals surface area contributed by atoms with Crippen molar-refractivity contribution in [3.8, 4) is 12.3 Å². The second-order valence-electron chi connectivity index (χ2n) is 3.29. The number of aromatic nitrogens is 4. The number of hydrogen-bond donors (Lipinski definition) is 1. The highest BCUT2D eigenvalue weighted by Crippen LogP contribution is 2.10. The van der Waals surface area contributed by atoms with E-state index in [-0.39, 0.29) is 6.04 Å². The first kappa shape index (κ1) is 9.46. The van der Waals surface area contributed by atoms with Crippen molar-refractivity contribution in [2.75, 3.05) is 5.32 Å². The van der Waals surface area contributed by atoms with Crippen molar-refractivity contribution in [1.82, 2.24) is 19.6 Å². The lowest BCUT2D eigenvalue weighted by Gasteiger charge is -2.10. The second kappa shape index (κ2) is 3.58. The molecule has 0 spiro atoms. The fraction of sp³-hybridized carbons (Fsp3) is 0.300. The predicted octanol–water partition coefficient (Wildman–Crippen LogP) is 0.866. The van der Waals surface area contributed by atoms with E-state index in [9.17, 15) is 0 Å². The Bertz CT molecular complexity index is 522. The van der Waals surface area contributed by atoms with Crippen LogP contribution in [0.1, 0.15) is 12.6 Å². The van der Waals surface area contributed by atoms with Gasteiger partial charge in [-0.1, -0.05) is 5.92 Å². The molecule has 5 nitrogen and oxygen atoms in total. The summed E-state index contributed by atoms with van der Waals surface area (Å²) in [6.45, 7) is 3.80. The Labute approximate surface area is 87.6 Å². The summed E-state index contributed by atoms with van der Waals surface area (Å²) in [5, 5.41) is 7.20. The van der Waals surface area contributed by atoms with E-state index in [2.05, 4.69) is 26.3 Å². The number of fused-ring (bicyclic) bond motifs is 1. The van der Waals surface area contributed by atoms with Crippen molar-refractivity contribution >= 4 is 11.6 Å². The van der Waals surface area contributed by atoms with Gasteiger partial charge >= 0.3 is 0 Å². The van der Waals surface area contributed by atoms with Gasteiger partial charge in [0, 0.05) is 11.8 Å². The van der Waals surface area contributed by atoms with Crippen LogP contribution in [0.5, 0.6) is 0 Å². The van der Waals surface area contributed by atoms with Crippen molar-refractivity contribution in [2.24, 2.45) is 0 Å². The standard InChI is InChI=1S/C10H11N5/c1-4-7(2)13-9-5-8(3)14-10-11-6-12-15(9)10/h1,5-7,13H,2-3H3. The monoisotopic (exact) mass is 201 g/mol. The number of anilines is 1. The second-order valence-corrected chi connectivity index (χ2v) is 3.29. The molecule has 0 amide bonds. The lowest BCUT2D eigenvalue weighted by Crippen LogP contribution is -2.15. The molecule has 0 saturated heterocycles. The summed E-state index contributed by atoms with van der Waals surface area (Å²) in [7, 11) is 0. The third kappa shape index (κ3) is 1.74. The van der Waals surface area contributed by atoms with Crippen LogP contribution in [0.4, 0.5) is 5.82 Å². The Kier molecular flexibility index (Phi) is 2.26. The molecular formula is C10H11N5. The highest BCUT2D eigenvalue weighted by Gasteiger charge is 2.06. The Hall–Kier alpha value is -2.09. The highest BCUT2D eigenvalue weighted by molar-refractivity contribution is 5.46. The Morgan fingerprint density at radius 1 is 1.60 bits per heavy atom. The summed E-state index contributed by atoms with van der Waals surface area (Å²) in [4.78, 5) is 8.25. The molecule has 2 aromatic heterocycles. The van der Waals surface area contributed by atoms with E-state index < -0.39 is 0 Å². The summed E-state index contributed by atoms with van der Waals surface area (Å²) in [6.07, 6.45) is 6.77. The van der Waals surface area contributed by atoms with Crippen LogP contribution >= 0.6 is 0 Å². The molecule has 0 bridgehead atoms. The van der Waals surface area contributed by atoms with E-state index in [1.807, 2.05) is 19.9 Å². The van der Waals surface area contributed by atoms with Gasteiger partial charge in [-0.05, 0) is 13.8 Å². The van der Waals surface area contributed by atoms with Crippen molar-refractivity contribution in [2.45, 2.75) is 19.9 Å². The van der Waals surface area contributed by atoms with Crippen LogP contribution in [0.3, 0.4) is 0 Å². The SMILES string of the molecule is C#CC(C)Nc1cc(C)nc2ncnn12. The number of terminal acetylenes is 1. The smallest absolute Gasteiger partial charge is 0.254 e. The fourth-order valence-corrected chi connectivity index (χ4v) is 1.30. The number of hydrogen-bond acceptors (Lipinski definition) is 4. The van der Waals surface area contributed by atoms with Gasteiger partial charge < -0.3 is 5.32 Å². The van der Waals surface area contributed by atoms with Crippen LogP contribution in [-0.4, -0.2) is 25.6 Å². The topological polar surface area (TPSA) is 55.1 Å². The van der Waals surface area contributed by atoms with Gasteiger partial charge in [0.1, 0.15) is 12.1 Å². The van der Waals surface area contributed by atoms with Gasteiger partial charge in [-0.3, -0.25) is 0 Å². The highest BCUT2D eigenvalue weighted by atomic mass is 15.4. The number of nitrogens with one attached hydrogen (secondary N) is 1. The van der Waals surface area contributed by atoms with Crippen LogP contribution in [0.25, 0.3) is 5.78 Å². The van der Waals surface area contributed by atoms with Crippen LogP contribution in [0.2, 0.25) is 0 Å². The molecule has 0 fully saturated rings. The molecule has 1 atom stereocenters. The van der Waals surface area contributed by atoms with Gasteiger partial charge in [0.15, 0.2) is 0 Å². The lowest BCUT2D eigenvalue weighted by molar-refractivity contribution is 0.899. The minimum absolute atomic E-state index is 0.0563. The van der Waals surface area contributed by atoms with E-state index in [1.54, 1.807) is 4.52 Å². The first-order valence-corrected chi connectivity index (χ1v) is 4.61. The zero-order valence-corrected chi connectivity index (χ0v) is 8.60. The van der Waals surface area contributed by atoms with Gasteiger partial charge in [0.25, 0.3) is 5.78 Å². The summed E-state index contributed by atoms with van der Waals surface area (Å²) in [5.74, 6) is 3.97. The fourth-order valence-electron chi connectivity index (χ4n) is 1.30. The summed E-state index contributed by atoms with van der Waals surface area (Å²) in [5.41, 5.74) is 0.877. The minimum atomic E-state index is -0.0563. The Morgan fingerprint density at radius 2 is 2.40 bits per heavy atom. The van der Waals surface area contributed by atoms with Crippen LogP contribution in [-0.2, 0) is 0 Å². The molecule has 76 valence electrons. The molecule has 2 aromatic rings. The van der Waals surface area contributed by atoms with Crippen molar-refractivity contribution in [3.63, 3.8) is 0 Å². The summed E-state index contributed by atoms with van der Waals surface area (Å²) < 4.78 is 1.63. The zero-order chi connectivity index (χ0) is 10.8. The zero-order valence-electron chi connectivity index (χ0n) is 8.60. The third-order valence-electron chi connectivity index (χ3n) is 1.99. The number of rotatable bonds is 2. The molecule has 2 rings (SSSR count). The quantitative estimate of drug-likeness (QED) is 0.732. The molecule has 5 heteroatoms. The molecule has 15 heavy (non-hydrogen) atoms. The van der Waals surface area contributed by atoms with E-state index in [0.29, 0.717) is 5.78 Å². The minimum Gasteiger partial charge on any atom is -0.356 e. The first-order chi connectivity index (χ1) is 7.20. The van der Waals surface area contributed by atoms with Gasteiger partial charge in [-0.15, -0.1) is 6.42 Å². The number of aryl methyl sites for hydroxylation is 1. The van der Waals surface area contributed by atoms with E-state index >= 15 is 0 Å². The van der Waals surface area contributed by atoms with Crippen molar-refractivity contribution < 1.29 is 0 Å². The van der Waals surface area contributed by atoms with E-state index in [4.69, 9.17) is 6.42 Å². The molecule has 2 heterocycles. The molecule has 0 aliphatic carbocycles.